The normalized spacial score (nSPS) is 17.2. The number of aliphatic hydroxyl groups is 1. The van der Waals surface area contributed by atoms with Gasteiger partial charge in [0.05, 0.1) is 38.2 Å². The second kappa shape index (κ2) is 7.21. The maximum absolute atomic E-state index is 12.2. The van der Waals surface area contributed by atoms with Crippen molar-refractivity contribution in [2.45, 2.75) is 19.3 Å². The third-order valence-corrected chi connectivity index (χ3v) is 4.88. The van der Waals surface area contributed by atoms with Crippen molar-refractivity contribution in [2.75, 3.05) is 20.8 Å². The maximum atomic E-state index is 12.2. The van der Waals surface area contributed by atoms with Crippen LogP contribution in [0.1, 0.15) is 17.2 Å². The Morgan fingerprint density at radius 1 is 1.28 bits per heavy atom. The summed E-state index contributed by atoms with van der Waals surface area (Å²) in [5, 5.41) is 14.6. The summed E-state index contributed by atoms with van der Waals surface area (Å²) in [5.41, 5.74) is 1.04. The van der Waals surface area contributed by atoms with Gasteiger partial charge >= 0.3 is 0 Å². The van der Waals surface area contributed by atoms with Crippen LogP contribution >= 0.6 is 23.2 Å². The molecule has 7 nitrogen and oxygen atoms in total. The molecule has 2 heterocycles. The average Bonchev–Trinajstić information content (AvgIpc) is 2.61. The van der Waals surface area contributed by atoms with Crippen LogP contribution in [0.5, 0.6) is 11.5 Å². The van der Waals surface area contributed by atoms with Gasteiger partial charge in [-0.1, -0.05) is 23.2 Å². The fraction of sp³-hybridized carbons (Fsp3) is 0.375. The lowest BCUT2D eigenvalue weighted by Crippen LogP contribution is -2.39. The molecule has 0 amide bonds. The number of aliphatic hydroxyl groups excluding tert-OH is 1. The molecule has 3 rings (SSSR count). The molecule has 25 heavy (non-hydrogen) atoms. The zero-order valence-electron chi connectivity index (χ0n) is 13.7. The molecule has 1 aliphatic rings. The summed E-state index contributed by atoms with van der Waals surface area (Å²) >= 11 is 11.7. The highest BCUT2D eigenvalue weighted by Crippen LogP contribution is 2.39. The molecule has 1 aromatic carbocycles. The smallest absolute Gasteiger partial charge is 0.288 e. The van der Waals surface area contributed by atoms with Gasteiger partial charge in [0.15, 0.2) is 0 Å². The van der Waals surface area contributed by atoms with E-state index in [4.69, 9.17) is 32.7 Å². The molecular formula is C16H17Cl2N3O4. The predicted octanol–water partition coefficient (Wildman–Crippen LogP) is 2.07. The standard InChI is InChI=1S/C16H17Cl2N3O4/c1-24-12-3-4-13(25-2)14-9(12)6-20(7-11(14)22)8-21-16(23)15(18)10(17)5-19-21/h3-5,11,22H,6-8H2,1-2H3. The number of hydrogen-bond donors (Lipinski definition) is 1. The second-order valence-electron chi connectivity index (χ2n) is 5.64. The predicted molar refractivity (Wildman–Crippen MR) is 93.4 cm³/mol. The molecule has 0 saturated heterocycles. The van der Waals surface area contributed by atoms with Crippen molar-refractivity contribution in [3.05, 3.63) is 49.9 Å². The maximum Gasteiger partial charge on any atom is 0.288 e. The van der Waals surface area contributed by atoms with Crippen LogP contribution in [0.3, 0.4) is 0 Å². The van der Waals surface area contributed by atoms with E-state index in [9.17, 15) is 9.90 Å². The van der Waals surface area contributed by atoms with Crippen molar-refractivity contribution in [2.24, 2.45) is 0 Å². The number of ether oxygens (including phenoxy) is 2. The van der Waals surface area contributed by atoms with E-state index in [0.29, 0.717) is 30.2 Å². The minimum Gasteiger partial charge on any atom is -0.496 e. The summed E-state index contributed by atoms with van der Waals surface area (Å²) in [4.78, 5) is 14.0. The summed E-state index contributed by atoms with van der Waals surface area (Å²) < 4.78 is 12.0. The molecule has 0 spiro atoms. The van der Waals surface area contributed by atoms with Gasteiger partial charge in [-0.15, -0.1) is 0 Å². The quantitative estimate of drug-likeness (QED) is 0.867. The van der Waals surface area contributed by atoms with Crippen LogP contribution in [-0.2, 0) is 13.2 Å². The van der Waals surface area contributed by atoms with Crippen molar-refractivity contribution in [1.82, 2.24) is 14.7 Å². The molecule has 1 aromatic heterocycles. The highest BCUT2D eigenvalue weighted by molar-refractivity contribution is 6.41. The van der Waals surface area contributed by atoms with Crippen LogP contribution in [0, 0.1) is 0 Å². The number of halogens is 2. The van der Waals surface area contributed by atoms with Crippen LogP contribution in [0.25, 0.3) is 0 Å². The Kier molecular flexibility index (Phi) is 5.19. The van der Waals surface area contributed by atoms with Crippen LogP contribution in [0.15, 0.2) is 23.1 Å². The Labute approximate surface area is 154 Å². The van der Waals surface area contributed by atoms with Gasteiger partial charge in [0, 0.05) is 24.2 Å². The summed E-state index contributed by atoms with van der Waals surface area (Å²) in [6.07, 6.45) is 0.538. The van der Waals surface area contributed by atoms with Gasteiger partial charge in [-0.2, -0.15) is 5.10 Å². The monoisotopic (exact) mass is 385 g/mol. The van der Waals surface area contributed by atoms with Crippen molar-refractivity contribution < 1.29 is 14.6 Å². The zero-order valence-corrected chi connectivity index (χ0v) is 15.2. The zero-order chi connectivity index (χ0) is 18.1. The van der Waals surface area contributed by atoms with E-state index in [1.165, 1.54) is 10.9 Å². The average molecular weight is 386 g/mol. The number of methoxy groups -OCH3 is 2. The van der Waals surface area contributed by atoms with E-state index >= 15 is 0 Å². The minimum atomic E-state index is -0.785. The lowest BCUT2D eigenvalue weighted by atomic mass is 9.95. The lowest BCUT2D eigenvalue weighted by molar-refractivity contribution is 0.0661. The number of benzene rings is 1. The molecule has 0 fully saturated rings. The van der Waals surface area contributed by atoms with Gasteiger partial charge in [-0.3, -0.25) is 9.69 Å². The molecule has 9 heteroatoms. The first-order chi connectivity index (χ1) is 12.0. The molecule has 0 bridgehead atoms. The molecule has 0 aliphatic carbocycles. The topological polar surface area (TPSA) is 76.8 Å². The van der Waals surface area contributed by atoms with Gasteiger partial charge in [0.25, 0.3) is 5.56 Å². The summed E-state index contributed by atoms with van der Waals surface area (Å²) in [7, 11) is 3.12. The number of hydrogen-bond acceptors (Lipinski definition) is 6. The molecule has 0 saturated carbocycles. The van der Waals surface area contributed by atoms with E-state index in [2.05, 4.69) is 5.10 Å². The van der Waals surface area contributed by atoms with Crippen LogP contribution in [0.2, 0.25) is 10.0 Å². The fourth-order valence-corrected chi connectivity index (χ4v) is 3.26. The SMILES string of the molecule is COc1ccc(OC)c2c1CN(Cn1ncc(Cl)c(Cl)c1=O)CC2O. The van der Waals surface area contributed by atoms with Crippen LogP contribution < -0.4 is 15.0 Å². The Hall–Kier alpha value is -1.80. The van der Waals surface area contributed by atoms with E-state index in [0.717, 1.165) is 5.56 Å². The minimum absolute atomic E-state index is 0.0751. The Morgan fingerprint density at radius 3 is 2.64 bits per heavy atom. The molecule has 134 valence electrons. The number of nitrogens with zero attached hydrogens (tertiary/aromatic N) is 3. The third kappa shape index (κ3) is 3.32. The van der Waals surface area contributed by atoms with Crippen molar-refractivity contribution >= 4 is 23.2 Å². The number of fused-ring (bicyclic) bond motifs is 1. The van der Waals surface area contributed by atoms with E-state index in [1.54, 1.807) is 26.4 Å². The molecule has 1 aliphatic heterocycles. The van der Waals surface area contributed by atoms with Gasteiger partial charge in [-0.05, 0) is 12.1 Å². The number of aromatic nitrogens is 2. The summed E-state index contributed by atoms with van der Waals surface area (Å²) in [6.45, 7) is 0.929. The van der Waals surface area contributed by atoms with Crippen molar-refractivity contribution in [3.8, 4) is 11.5 Å². The Bertz CT molecular complexity index is 856. The highest BCUT2D eigenvalue weighted by Gasteiger charge is 2.30. The second-order valence-corrected chi connectivity index (χ2v) is 6.43. The van der Waals surface area contributed by atoms with Gasteiger partial charge in [0.1, 0.15) is 16.5 Å². The number of β-amino-alcohol motifs (C(OH)–C–C–N with tert-alkyl or cyclic N) is 1. The molecular weight excluding hydrogens is 369 g/mol. The van der Waals surface area contributed by atoms with Crippen LogP contribution in [-0.4, -0.2) is 40.6 Å². The van der Waals surface area contributed by atoms with E-state index in [-0.39, 0.29) is 16.7 Å². The molecule has 1 unspecified atom stereocenters. The summed E-state index contributed by atoms with van der Waals surface area (Å²) in [5.74, 6) is 1.25. The van der Waals surface area contributed by atoms with Gasteiger partial charge in [-0.25, -0.2) is 4.68 Å². The van der Waals surface area contributed by atoms with E-state index < -0.39 is 11.7 Å². The van der Waals surface area contributed by atoms with Gasteiger partial charge in [0.2, 0.25) is 0 Å². The van der Waals surface area contributed by atoms with Crippen molar-refractivity contribution in [1.29, 1.82) is 0 Å². The lowest BCUT2D eigenvalue weighted by Gasteiger charge is -2.33. The Morgan fingerprint density at radius 2 is 1.96 bits per heavy atom. The first-order valence-corrected chi connectivity index (χ1v) is 8.27. The Balaban J connectivity index is 1.94. The molecule has 1 atom stereocenters. The highest BCUT2D eigenvalue weighted by atomic mass is 35.5. The fourth-order valence-electron chi connectivity index (χ4n) is 2.99. The van der Waals surface area contributed by atoms with Gasteiger partial charge < -0.3 is 14.6 Å². The van der Waals surface area contributed by atoms with Crippen molar-refractivity contribution in [3.63, 3.8) is 0 Å². The molecule has 2 aromatic rings. The molecule has 1 N–H and O–H groups in total. The summed E-state index contributed by atoms with van der Waals surface area (Å²) in [6, 6.07) is 3.55. The largest absolute Gasteiger partial charge is 0.496 e. The van der Waals surface area contributed by atoms with Crippen LogP contribution in [0.4, 0.5) is 0 Å². The first kappa shape index (κ1) is 18.0. The van der Waals surface area contributed by atoms with E-state index in [1.807, 2.05) is 4.90 Å². The molecule has 0 radical (unpaired) electrons. The third-order valence-electron chi connectivity index (χ3n) is 4.14. The number of rotatable bonds is 4. The first-order valence-electron chi connectivity index (χ1n) is 7.51.